The highest BCUT2D eigenvalue weighted by Gasteiger charge is 2.31. The normalized spacial score (nSPS) is 20.8. The number of phenolic OH excluding ortho intramolecular Hbond substituents is 1. The van der Waals surface area contributed by atoms with E-state index in [-0.39, 0.29) is 5.60 Å². The second-order valence-electron chi connectivity index (χ2n) is 7.50. The van der Waals surface area contributed by atoms with Gasteiger partial charge < -0.3 is 9.84 Å². The van der Waals surface area contributed by atoms with Crippen molar-refractivity contribution in [2.24, 2.45) is 0 Å². The zero-order chi connectivity index (χ0) is 18.4. The third-order valence-corrected chi connectivity index (χ3v) is 4.96. The number of hydrogen-bond acceptors (Lipinski definition) is 3. The standard InChI is InChI=1S/C22H30O3/c1-16(7-5-8-17(2)15-23)9-6-11-22(4)12-10-19-14-20(24)13-18(3)21(19)25-22/h8-9,13-15,24H,5-7,10-12H2,1-4H3/t22-/m1/s1. The van der Waals surface area contributed by atoms with Gasteiger partial charge in [0.15, 0.2) is 0 Å². The van der Waals surface area contributed by atoms with Crippen LogP contribution >= 0.6 is 0 Å². The molecular formula is C22H30O3. The third-order valence-electron chi connectivity index (χ3n) is 4.96. The zero-order valence-electron chi connectivity index (χ0n) is 15.9. The summed E-state index contributed by atoms with van der Waals surface area (Å²) in [7, 11) is 0. The molecule has 25 heavy (non-hydrogen) atoms. The van der Waals surface area contributed by atoms with Gasteiger partial charge in [0.2, 0.25) is 0 Å². The lowest BCUT2D eigenvalue weighted by Crippen LogP contribution is -2.36. The second-order valence-corrected chi connectivity index (χ2v) is 7.50. The van der Waals surface area contributed by atoms with Crippen LogP contribution in [0, 0.1) is 6.92 Å². The van der Waals surface area contributed by atoms with E-state index in [1.54, 1.807) is 6.07 Å². The number of fused-ring (bicyclic) bond motifs is 1. The molecule has 0 bridgehead atoms. The summed E-state index contributed by atoms with van der Waals surface area (Å²) in [6.45, 7) is 8.16. The highest BCUT2D eigenvalue weighted by molar-refractivity contribution is 5.71. The molecular weight excluding hydrogens is 312 g/mol. The van der Waals surface area contributed by atoms with Gasteiger partial charge in [-0.25, -0.2) is 0 Å². The largest absolute Gasteiger partial charge is 0.508 e. The lowest BCUT2D eigenvalue weighted by atomic mass is 9.87. The Morgan fingerprint density at radius 3 is 2.76 bits per heavy atom. The van der Waals surface area contributed by atoms with E-state index in [9.17, 15) is 9.90 Å². The number of benzene rings is 1. The van der Waals surface area contributed by atoms with E-state index in [0.717, 1.165) is 67.3 Å². The number of rotatable bonds is 7. The van der Waals surface area contributed by atoms with Crippen molar-refractivity contribution >= 4 is 6.29 Å². The molecule has 1 atom stereocenters. The van der Waals surface area contributed by atoms with Crippen LogP contribution in [0.4, 0.5) is 0 Å². The first-order valence-electron chi connectivity index (χ1n) is 9.12. The van der Waals surface area contributed by atoms with Gasteiger partial charge in [-0.05, 0) is 95.1 Å². The van der Waals surface area contributed by atoms with Crippen molar-refractivity contribution in [1.29, 1.82) is 0 Å². The average Bonchev–Trinajstić information content (AvgIpc) is 2.55. The number of ether oxygens (including phenoxy) is 1. The van der Waals surface area contributed by atoms with E-state index < -0.39 is 0 Å². The minimum absolute atomic E-state index is 0.153. The first kappa shape index (κ1) is 19.3. The smallest absolute Gasteiger partial charge is 0.145 e. The van der Waals surface area contributed by atoms with Gasteiger partial charge in [-0.3, -0.25) is 4.79 Å². The first-order valence-corrected chi connectivity index (χ1v) is 9.12. The van der Waals surface area contributed by atoms with E-state index in [2.05, 4.69) is 19.9 Å². The SMILES string of the molecule is CC(C=O)=CCCC(C)=CCC[C@]1(C)CCc2cc(O)cc(C)c2O1. The quantitative estimate of drug-likeness (QED) is 0.408. The number of allylic oxidation sites excluding steroid dienone is 4. The van der Waals surface area contributed by atoms with Gasteiger partial charge in [0.25, 0.3) is 0 Å². The minimum atomic E-state index is -0.153. The maximum absolute atomic E-state index is 10.6. The summed E-state index contributed by atoms with van der Waals surface area (Å²) < 4.78 is 6.33. The molecule has 0 aromatic heterocycles. The van der Waals surface area contributed by atoms with Gasteiger partial charge in [-0.15, -0.1) is 0 Å². The molecule has 0 aliphatic carbocycles. The second kappa shape index (κ2) is 8.37. The van der Waals surface area contributed by atoms with E-state index in [1.165, 1.54) is 5.57 Å². The minimum Gasteiger partial charge on any atom is -0.508 e. The number of aromatic hydroxyl groups is 1. The van der Waals surface area contributed by atoms with Gasteiger partial charge in [-0.1, -0.05) is 17.7 Å². The number of carbonyl (C=O) groups is 1. The monoisotopic (exact) mass is 342 g/mol. The Morgan fingerprint density at radius 1 is 1.28 bits per heavy atom. The molecule has 1 aromatic rings. The summed E-state index contributed by atoms with van der Waals surface area (Å²) in [4.78, 5) is 10.6. The van der Waals surface area contributed by atoms with Crippen LogP contribution in [0.5, 0.6) is 11.5 Å². The molecule has 1 heterocycles. The molecule has 0 amide bonds. The third kappa shape index (κ3) is 5.48. The molecule has 0 radical (unpaired) electrons. The molecule has 136 valence electrons. The van der Waals surface area contributed by atoms with Crippen LogP contribution in [-0.2, 0) is 11.2 Å². The summed E-state index contributed by atoms with van der Waals surface area (Å²) in [5.41, 5.74) is 4.12. The summed E-state index contributed by atoms with van der Waals surface area (Å²) in [6.07, 6.45) is 11.0. The number of aldehydes is 1. The van der Waals surface area contributed by atoms with Gasteiger partial charge in [0, 0.05) is 0 Å². The highest BCUT2D eigenvalue weighted by atomic mass is 16.5. The molecule has 0 saturated heterocycles. The molecule has 1 aliphatic rings. The molecule has 1 aromatic carbocycles. The molecule has 3 heteroatoms. The fraction of sp³-hybridized carbons (Fsp3) is 0.500. The Kier molecular flexibility index (Phi) is 6.46. The number of phenols is 1. The molecule has 1 N–H and O–H groups in total. The van der Waals surface area contributed by atoms with Crippen LogP contribution in [0.3, 0.4) is 0 Å². The Balaban J connectivity index is 1.90. The molecule has 0 spiro atoms. The zero-order valence-corrected chi connectivity index (χ0v) is 15.9. The molecule has 2 rings (SSSR count). The van der Waals surface area contributed by atoms with Gasteiger partial charge >= 0.3 is 0 Å². The molecule has 1 aliphatic heterocycles. The van der Waals surface area contributed by atoms with Crippen LogP contribution < -0.4 is 4.74 Å². The van der Waals surface area contributed by atoms with E-state index >= 15 is 0 Å². The number of hydrogen-bond donors (Lipinski definition) is 1. The topological polar surface area (TPSA) is 46.5 Å². The number of aryl methyl sites for hydroxylation is 2. The summed E-state index contributed by atoms with van der Waals surface area (Å²) in [6, 6.07) is 3.59. The fourth-order valence-electron chi connectivity index (χ4n) is 3.33. The fourth-order valence-corrected chi connectivity index (χ4v) is 3.33. The lowest BCUT2D eigenvalue weighted by Gasteiger charge is -2.36. The van der Waals surface area contributed by atoms with Crippen LogP contribution in [0.2, 0.25) is 0 Å². The van der Waals surface area contributed by atoms with Gasteiger partial charge in [-0.2, -0.15) is 0 Å². The summed E-state index contributed by atoms with van der Waals surface area (Å²) in [5, 5.41) is 9.74. The van der Waals surface area contributed by atoms with Crippen LogP contribution in [0.15, 0.2) is 35.4 Å². The van der Waals surface area contributed by atoms with E-state index in [0.29, 0.717) is 5.75 Å². The van der Waals surface area contributed by atoms with Crippen molar-refractivity contribution in [2.75, 3.05) is 0 Å². The van der Waals surface area contributed by atoms with E-state index in [1.807, 2.05) is 26.0 Å². The average molecular weight is 342 g/mol. The molecule has 3 nitrogen and oxygen atoms in total. The maximum Gasteiger partial charge on any atom is 0.145 e. The van der Waals surface area contributed by atoms with Crippen LogP contribution in [-0.4, -0.2) is 17.0 Å². The summed E-state index contributed by atoms with van der Waals surface area (Å²) in [5.74, 6) is 1.27. The predicted octanol–water partition coefficient (Wildman–Crippen LogP) is 5.44. The molecule has 0 unspecified atom stereocenters. The Morgan fingerprint density at radius 2 is 2.04 bits per heavy atom. The van der Waals surface area contributed by atoms with Crippen LogP contribution in [0.1, 0.15) is 64.0 Å². The van der Waals surface area contributed by atoms with Crippen molar-refractivity contribution in [3.05, 3.63) is 46.6 Å². The van der Waals surface area contributed by atoms with Gasteiger partial charge in [0.05, 0.1) is 0 Å². The lowest BCUT2D eigenvalue weighted by molar-refractivity contribution is -0.104. The number of carbonyl (C=O) groups excluding carboxylic acids is 1. The van der Waals surface area contributed by atoms with Crippen molar-refractivity contribution in [3.8, 4) is 11.5 Å². The van der Waals surface area contributed by atoms with Crippen LogP contribution in [0.25, 0.3) is 0 Å². The Bertz CT molecular complexity index is 685. The maximum atomic E-state index is 10.6. The van der Waals surface area contributed by atoms with Gasteiger partial charge in [0.1, 0.15) is 23.4 Å². The van der Waals surface area contributed by atoms with E-state index in [4.69, 9.17) is 4.74 Å². The highest BCUT2D eigenvalue weighted by Crippen LogP contribution is 2.39. The Hall–Kier alpha value is -2.03. The molecule has 0 saturated carbocycles. The Labute approximate surface area is 151 Å². The van der Waals surface area contributed by atoms with Crippen molar-refractivity contribution < 1.29 is 14.6 Å². The van der Waals surface area contributed by atoms with Crippen molar-refractivity contribution in [1.82, 2.24) is 0 Å². The summed E-state index contributed by atoms with van der Waals surface area (Å²) >= 11 is 0. The predicted molar refractivity (Wildman–Crippen MR) is 102 cm³/mol. The first-order chi connectivity index (χ1) is 11.8. The molecule has 0 fully saturated rings. The van der Waals surface area contributed by atoms with Crippen molar-refractivity contribution in [2.45, 2.75) is 71.8 Å². The van der Waals surface area contributed by atoms with Crippen molar-refractivity contribution in [3.63, 3.8) is 0 Å².